The Balaban J connectivity index is 1.74. The van der Waals surface area contributed by atoms with Gasteiger partial charge in [0, 0.05) is 23.0 Å². The zero-order valence-electron chi connectivity index (χ0n) is 17.9. The number of rotatable bonds is 5. The Hall–Kier alpha value is -3.23. The smallest absolute Gasteiger partial charge is 0.247 e. The van der Waals surface area contributed by atoms with Crippen LogP contribution in [0, 0.1) is 6.92 Å². The van der Waals surface area contributed by atoms with Crippen LogP contribution in [0.25, 0.3) is 16.8 Å². The highest BCUT2D eigenvalue weighted by Gasteiger charge is 2.22. The second-order valence-electron chi connectivity index (χ2n) is 8.45. The van der Waals surface area contributed by atoms with Crippen molar-refractivity contribution in [3.8, 4) is 11.1 Å². The standard InChI is InChI=1S/C23H25N5O2S/c1-16-9-5-6-13-20(16)24-22-25-21-19(12-8-14-28(21)26-22)17-10-7-11-18(15-17)31(29,30)27-23(2,3)4/h5-15,27H,1-4H3,(H,24,26). The molecule has 31 heavy (non-hydrogen) atoms. The molecule has 0 fully saturated rings. The molecule has 0 saturated carbocycles. The topological polar surface area (TPSA) is 88.4 Å². The lowest BCUT2D eigenvalue weighted by atomic mass is 10.1. The number of sulfonamides is 1. The van der Waals surface area contributed by atoms with Crippen LogP contribution in [0.4, 0.5) is 11.6 Å². The summed E-state index contributed by atoms with van der Waals surface area (Å²) in [6.45, 7) is 7.46. The molecule has 2 aromatic carbocycles. The van der Waals surface area contributed by atoms with Crippen molar-refractivity contribution in [1.82, 2.24) is 19.3 Å². The molecule has 0 atom stereocenters. The fraction of sp³-hybridized carbons (Fsp3) is 0.217. The van der Waals surface area contributed by atoms with E-state index in [1.54, 1.807) is 22.7 Å². The molecule has 0 aliphatic heterocycles. The first kappa shape index (κ1) is 21.0. The Morgan fingerprint density at radius 2 is 1.74 bits per heavy atom. The summed E-state index contributed by atoms with van der Waals surface area (Å²) >= 11 is 0. The van der Waals surface area contributed by atoms with E-state index in [2.05, 4.69) is 20.1 Å². The van der Waals surface area contributed by atoms with Crippen molar-refractivity contribution in [1.29, 1.82) is 0 Å². The van der Waals surface area contributed by atoms with E-state index in [4.69, 9.17) is 0 Å². The van der Waals surface area contributed by atoms with Crippen molar-refractivity contribution in [2.24, 2.45) is 0 Å². The van der Waals surface area contributed by atoms with E-state index in [9.17, 15) is 8.42 Å². The fourth-order valence-electron chi connectivity index (χ4n) is 3.31. The van der Waals surface area contributed by atoms with Crippen molar-refractivity contribution in [2.45, 2.75) is 38.1 Å². The molecule has 0 unspecified atom stereocenters. The van der Waals surface area contributed by atoms with Gasteiger partial charge in [-0.3, -0.25) is 0 Å². The lowest BCUT2D eigenvalue weighted by Crippen LogP contribution is -2.40. The summed E-state index contributed by atoms with van der Waals surface area (Å²) in [4.78, 5) is 4.86. The molecule has 0 bridgehead atoms. The molecule has 0 saturated heterocycles. The van der Waals surface area contributed by atoms with E-state index >= 15 is 0 Å². The van der Waals surface area contributed by atoms with Gasteiger partial charge >= 0.3 is 0 Å². The van der Waals surface area contributed by atoms with Crippen molar-refractivity contribution in [3.63, 3.8) is 0 Å². The Labute approximate surface area is 182 Å². The second-order valence-corrected chi connectivity index (χ2v) is 10.1. The van der Waals surface area contributed by atoms with Gasteiger partial charge in [-0.25, -0.2) is 17.7 Å². The zero-order chi connectivity index (χ0) is 22.2. The average Bonchev–Trinajstić information content (AvgIpc) is 3.10. The number of aromatic nitrogens is 3. The number of hydrogen-bond acceptors (Lipinski definition) is 5. The third-order valence-electron chi connectivity index (χ3n) is 4.65. The van der Waals surface area contributed by atoms with Crippen LogP contribution in [0.3, 0.4) is 0 Å². The molecular formula is C23H25N5O2S. The van der Waals surface area contributed by atoms with Crippen LogP contribution in [0.15, 0.2) is 71.8 Å². The molecule has 7 nitrogen and oxygen atoms in total. The van der Waals surface area contributed by atoms with Gasteiger partial charge in [0.05, 0.1) is 4.90 Å². The minimum Gasteiger partial charge on any atom is -0.323 e. The van der Waals surface area contributed by atoms with Gasteiger partial charge in [0.1, 0.15) is 0 Å². The maximum absolute atomic E-state index is 12.8. The summed E-state index contributed by atoms with van der Waals surface area (Å²) in [5, 5.41) is 7.77. The quantitative estimate of drug-likeness (QED) is 0.481. The molecule has 160 valence electrons. The highest BCUT2D eigenvalue weighted by Crippen LogP contribution is 2.27. The molecule has 2 heterocycles. The van der Waals surface area contributed by atoms with Crippen molar-refractivity contribution < 1.29 is 8.42 Å². The van der Waals surface area contributed by atoms with Gasteiger partial charge in [0.15, 0.2) is 5.65 Å². The summed E-state index contributed by atoms with van der Waals surface area (Å²) in [7, 11) is -3.65. The van der Waals surface area contributed by atoms with Crippen molar-refractivity contribution >= 4 is 27.3 Å². The largest absolute Gasteiger partial charge is 0.323 e. The van der Waals surface area contributed by atoms with E-state index in [1.807, 2.05) is 76.4 Å². The summed E-state index contributed by atoms with van der Waals surface area (Å²) in [5.41, 5.74) is 3.62. The molecule has 0 radical (unpaired) electrons. The first-order chi connectivity index (χ1) is 14.6. The molecule has 4 aromatic rings. The van der Waals surface area contributed by atoms with E-state index in [0.717, 1.165) is 22.4 Å². The van der Waals surface area contributed by atoms with Gasteiger partial charge in [-0.15, -0.1) is 5.10 Å². The molecular weight excluding hydrogens is 410 g/mol. The van der Waals surface area contributed by atoms with E-state index in [-0.39, 0.29) is 4.90 Å². The van der Waals surface area contributed by atoms with E-state index < -0.39 is 15.6 Å². The number of nitrogens with zero attached hydrogens (tertiary/aromatic N) is 3. The first-order valence-electron chi connectivity index (χ1n) is 9.95. The van der Waals surface area contributed by atoms with Crippen molar-refractivity contribution in [3.05, 3.63) is 72.4 Å². The highest BCUT2D eigenvalue weighted by atomic mass is 32.2. The van der Waals surface area contributed by atoms with Gasteiger partial charge in [0.2, 0.25) is 16.0 Å². The van der Waals surface area contributed by atoms with E-state index in [1.165, 1.54) is 0 Å². The van der Waals surface area contributed by atoms with Gasteiger partial charge in [-0.05, 0) is 69.2 Å². The minimum atomic E-state index is -3.65. The molecule has 2 aromatic heterocycles. The van der Waals surface area contributed by atoms with Crippen LogP contribution in [0.2, 0.25) is 0 Å². The number of anilines is 2. The Bertz CT molecular complexity index is 1350. The zero-order valence-corrected chi connectivity index (χ0v) is 18.7. The summed E-state index contributed by atoms with van der Waals surface area (Å²) in [5.74, 6) is 0.472. The number of para-hydroxylation sites is 1. The van der Waals surface area contributed by atoms with Crippen LogP contribution < -0.4 is 10.0 Å². The van der Waals surface area contributed by atoms with E-state index in [0.29, 0.717) is 11.6 Å². The van der Waals surface area contributed by atoms with Gasteiger partial charge in [0.25, 0.3) is 0 Å². The van der Waals surface area contributed by atoms with Crippen LogP contribution in [0.1, 0.15) is 26.3 Å². The Morgan fingerprint density at radius 1 is 0.968 bits per heavy atom. The third-order valence-corrected chi connectivity index (χ3v) is 6.41. The fourth-order valence-corrected chi connectivity index (χ4v) is 4.77. The summed E-state index contributed by atoms with van der Waals surface area (Å²) in [6, 6.07) is 18.5. The van der Waals surface area contributed by atoms with Gasteiger partial charge in [-0.1, -0.05) is 30.3 Å². The maximum Gasteiger partial charge on any atom is 0.247 e. The molecule has 8 heteroatoms. The predicted octanol–water partition coefficient (Wildman–Crippen LogP) is 4.53. The Morgan fingerprint density at radius 3 is 2.48 bits per heavy atom. The normalized spacial score (nSPS) is 12.3. The Kier molecular flexibility index (Phi) is 5.28. The van der Waals surface area contributed by atoms with Crippen LogP contribution in [-0.2, 0) is 10.0 Å². The number of benzene rings is 2. The van der Waals surface area contributed by atoms with Crippen molar-refractivity contribution in [2.75, 3.05) is 5.32 Å². The highest BCUT2D eigenvalue weighted by molar-refractivity contribution is 7.89. The SMILES string of the molecule is Cc1ccccc1Nc1nc2c(-c3cccc(S(=O)(=O)NC(C)(C)C)c3)cccn2n1. The molecule has 0 aliphatic rings. The third kappa shape index (κ3) is 4.60. The molecule has 0 amide bonds. The number of pyridine rings is 1. The molecule has 2 N–H and O–H groups in total. The monoisotopic (exact) mass is 435 g/mol. The van der Waals surface area contributed by atoms with Gasteiger partial charge < -0.3 is 5.32 Å². The van der Waals surface area contributed by atoms with Crippen LogP contribution >= 0.6 is 0 Å². The number of nitrogens with one attached hydrogen (secondary N) is 2. The first-order valence-corrected chi connectivity index (χ1v) is 11.4. The van der Waals surface area contributed by atoms with Crippen LogP contribution in [0.5, 0.6) is 0 Å². The summed E-state index contributed by atoms with van der Waals surface area (Å²) in [6.07, 6.45) is 1.82. The minimum absolute atomic E-state index is 0.208. The molecule has 4 rings (SSSR count). The number of hydrogen-bond donors (Lipinski definition) is 2. The number of fused-ring (bicyclic) bond motifs is 1. The van der Waals surface area contributed by atoms with Gasteiger partial charge in [-0.2, -0.15) is 4.98 Å². The molecule has 0 aliphatic carbocycles. The average molecular weight is 436 g/mol. The number of aryl methyl sites for hydroxylation is 1. The summed E-state index contributed by atoms with van der Waals surface area (Å²) < 4.78 is 29.9. The lowest BCUT2D eigenvalue weighted by molar-refractivity contribution is 0.491. The lowest BCUT2D eigenvalue weighted by Gasteiger charge is -2.20. The van der Waals surface area contributed by atoms with Crippen LogP contribution in [-0.4, -0.2) is 28.6 Å². The molecule has 0 spiro atoms. The second kappa shape index (κ2) is 7.79. The maximum atomic E-state index is 12.8. The predicted molar refractivity (Wildman–Crippen MR) is 123 cm³/mol.